The molecule has 2 saturated carbocycles. The first-order chi connectivity index (χ1) is 10.5. The van der Waals surface area contributed by atoms with Crippen LogP contribution in [0.4, 0.5) is 0 Å². The molecule has 2 aliphatic carbocycles. The summed E-state index contributed by atoms with van der Waals surface area (Å²) in [4.78, 5) is 24.4. The van der Waals surface area contributed by atoms with Crippen LogP contribution >= 0.6 is 0 Å². The van der Waals surface area contributed by atoms with E-state index in [2.05, 4.69) is 5.32 Å². The number of aliphatic carboxylic acids is 1. The first-order valence-electron chi connectivity index (χ1n) is 8.33. The Morgan fingerprint density at radius 3 is 2.32 bits per heavy atom. The molecule has 0 saturated heterocycles. The summed E-state index contributed by atoms with van der Waals surface area (Å²) in [5, 5.41) is 12.6. The van der Waals surface area contributed by atoms with Crippen molar-refractivity contribution in [2.75, 3.05) is 20.2 Å². The number of rotatable bonds is 7. The Morgan fingerprint density at radius 1 is 1.18 bits per heavy atom. The summed E-state index contributed by atoms with van der Waals surface area (Å²) in [6.45, 7) is 2.93. The highest BCUT2D eigenvalue weighted by Crippen LogP contribution is 2.30. The molecule has 22 heavy (non-hydrogen) atoms. The number of hydrogen-bond donors (Lipinski definition) is 2. The maximum Gasteiger partial charge on any atom is 0.317 e. The highest BCUT2D eigenvalue weighted by Gasteiger charge is 2.36. The quantitative estimate of drug-likeness (QED) is 0.689. The van der Waals surface area contributed by atoms with E-state index >= 15 is 0 Å². The van der Waals surface area contributed by atoms with Crippen LogP contribution in [-0.4, -0.2) is 60.3 Å². The normalized spacial score (nSPS) is 31.6. The van der Waals surface area contributed by atoms with Crippen LogP contribution in [0, 0.1) is 5.92 Å². The highest BCUT2D eigenvalue weighted by molar-refractivity contribution is 5.72. The second-order valence-corrected chi connectivity index (χ2v) is 6.52. The fourth-order valence-corrected chi connectivity index (χ4v) is 3.69. The van der Waals surface area contributed by atoms with Gasteiger partial charge in [-0.2, -0.15) is 0 Å². The molecule has 0 aromatic carbocycles. The lowest BCUT2D eigenvalue weighted by Gasteiger charge is -2.44. The Kier molecular flexibility index (Phi) is 6.20. The summed E-state index contributed by atoms with van der Waals surface area (Å²) in [5.41, 5.74) is 0. The van der Waals surface area contributed by atoms with E-state index in [-0.39, 0.29) is 18.4 Å². The first kappa shape index (κ1) is 17.2. The SMILES string of the molecule is CCN(CC(=O)O)C1CC(NC2CCC(C(=O)OC)CC2)C1. The average molecular weight is 312 g/mol. The van der Waals surface area contributed by atoms with Crippen molar-refractivity contribution >= 4 is 11.9 Å². The Labute approximate surface area is 132 Å². The van der Waals surface area contributed by atoms with Gasteiger partial charge < -0.3 is 15.2 Å². The minimum Gasteiger partial charge on any atom is -0.480 e. The number of nitrogens with zero attached hydrogens (tertiary/aromatic N) is 1. The molecular formula is C16H28N2O4. The molecule has 0 amide bonds. The standard InChI is InChI=1S/C16H28N2O4/c1-3-18(10-15(19)20)14-8-13(9-14)17-12-6-4-11(5-7-12)16(21)22-2/h11-14,17H,3-10H2,1-2H3,(H,19,20). The van der Waals surface area contributed by atoms with Crippen molar-refractivity contribution < 1.29 is 19.4 Å². The van der Waals surface area contributed by atoms with E-state index in [1.807, 2.05) is 11.8 Å². The van der Waals surface area contributed by atoms with E-state index in [9.17, 15) is 9.59 Å². The van der Waals surface area contributed by atoms with Crippen molar-refractivity contribution in [3.8, 4) is 0 Å². The van der Waals surface area contributed by atoms with Gasteiger partial charge in [-0.05, 0) is 45.1 Å². The second-order valence-electron chi connectivity index (χ2n) is 6.52. The molecule has 2 aliphatic rings. The van der Waals surface area contributed by atoms with Crippen LogP contribution in [0.2, 0.25) is 0 Å². The number of carboxylic acids is 1. The van der Waals surface area contributed by atoms with Crippen molar-refractivity contribution in [2.24, 2.45) is 5.92 Å². The lowest BCUT2D eigenvalue weighted by atomic mass is 9.81. The fourth-order valence-electron chi connectivity index (χ4n) is 3.69. The molecule has 126 valence electrons. The van der Waals surface area contributed by atoms with Crippen molar-refractivity contribution in [2.45, 2.75) is 63.6 Å². The summed E-state index contributed by atoms with van der Waals surface area (Å²) in [5.74, 6) is -0.753. The Morgan fingerprint density at radius 2 is 1.82 bits per heavy atom. The monoisotopic (exact) mass is 312 g/mol. The zero-order chi connectivity index (χ0) is 16.1. The maximum atomic E-state index is 11.5. The van der Waals surface area contributed by atoms with E-state index in [0.29, 0.717) is 18.1 Å². The lowest BCUT2D eigenvalue weighted by molar-refractivity contribution is -0.146. The minimum absolute atomic E-state index is 0.0725. The van der Waals surface area contributed by atoms with Crippen molar-refractivity contribution in [3.63, 3.8) is 0 Å². The molecule has 0 aromatic heterocycles. The number of likely N-dealkylation sites (N-methyl/N-ethyl adjacent to an activating group) is 1. The number of hydrogen-bond acceptors (Lipinski definition) is 5. The minimum atomic E-state index is -0.751. The van der Waals surface area contributed by atoms with Gasteiger partial charge in [0.25, 0.3) is 0 Å². The summed E-state index contributed by atoms with van der Waals surface area (Å²) in [6.07, 6.45) is 5.90. The summed E-state index contributed by atoms with van der Waals surface area (Å²) < 4.78 is 4.81. The van der Waals surface area contributed by atoms with Crippen LogP contribution < -0.4 is 5.32 Å². The topological polar surface area (TPSA) is 78.9 Å². The molecule has 2 N–H and O–H groups in total. The largest absolute Gasteiger partial charge is 0.480 e. The number of carbonyl (C=O) groups is 2. The predicted octanol–water partition coefficient (Wildman–Crippen LogP) is 1.25. The molecule has 0 aliphatic heterocycles. The molecule has 0 aromatic rings. The maximum absolute atomic E-state index is 11.5. The fraction of sp³-hybridized carbons (Fsp3) is 0.875. The van der Waals surface area contributed by atoms with Crippen LogP contribution in [-0.2, 0) is 14.3 Å². The van der Waals surface area contributed by atoms with Crippen LogP contribution in [0.25, 0.3) is 0 Å². The molecule has 0 unspecified atom stereocenters. The third-order valence-electron chi connectivity index (χ3n) is 5.11. The smallest absolute Gasteiger partial charge is 0.317 e. The molecule has 2 fully saturated rings. The van der Waals surface area contributed by atoms with Gasteiger partial charge in [0.2, 0.25) is 0 Å². The lowest BCUT2D eigenvalue weighted by Crippen LogP contribution is -2.56. The number of esters is 1. The van der Waals surface area contributed by atoms with Gasteiger partial charge in [0.1, 0.15) is 0 Å². The number of nitrogens with one attached hydrogen (secondary N) is 1. The second kappa shape index (κ2) is 7.92. The number of carbonyl (C=O) groups excluding carboxylic acids is 1. The van der Waals surface area contributed by atoms with Crippen molar-refractivity contribution in [1.29, 1.82) is 0 Å². The van der Waals surface area contributed by atoms with Gasteiger partial charge in [-0.15, -0.1) is 0 Å². The average Bonchev–Trinajstić information content (AvgIpc) is 2.48. The number of carboxylic acid groups (broad SMARTS) is 1. The van der Waals surface area contributed by atoms with Crippen LogP contribution in [0.5, 0.6) is 0 Å². The van der Waals surface area contributed by atoms with E-state index in [0.717, 1.165) is 45.1 Å². The molecular weight excluding hydrogens is 284 g/mol. The zero-order valence-corrected chi connectivity index (χ0v) is 13.6. The first-order valence-corrected chi connectivity index (χ1v) is 8.33. The van der Waals surface area contributed by atoms with Gasteiger partial charge >= 0.3 is 11.9 Å². The van der Waals surface area contributed by atoms with Gasteiger partial charge in [0.05, 0.1) is 19.6 Å². The Balaban J connectivity index is 1.66. The summed E-state index contributed by atoms with van der Waals surface area (Å²) in [7, 11) is 1.46. The number of methoxy groups -OCH3 is 1. The van der Waals surface area contributed by atoms with Gasteiger partial charge in [-0.1, -0.05) is 6.92 Å². The van der Waals surface area contributed by atoms with Crippen LogP contribution in [0.15, 0.2) is 0 Å². The highest BCUT2D eigenvalue weighted by atomic mass is 16.5. The molecule has 0 bridgehead atoms. The molecule has 0 spiro atoms. The molecule has 6 nitrogen and oxygen atoms in total. The summed E-state index contributed by atoms with van der Waals surface area (Å²) in [6, 6.07) is 1.37. The van der Waals surface area contributed by atoms with E-state index < -0.39 is 5.97 Å². The van der Waals surface area contributed by atoms with Crippen LogP contribution in [0.1, 0.15) is 45.4 Å². The molecule has 0 heterocycles. The van der Waals surface area contributed by atoms with E-state index in [4.69, 9.17) is 9.84 Å². The van der Waals surface area contributed by atoms with Crippen molar-refractivity contribution in [3.05, 3.63) is 0 Å². The molecule has 0 radical (unpaired) electrons. The Hall–Kier alpha value is -1.14. The van der Waals surface area contributed by atoms with Gasteiger partial charge in [0.15, 0.2) is 0 Å². The predicted molar refractivity (Wildman–Crippen MR) is 82.6 cm³/mol. The molecule has 6 heteroatoms. The van der Waals surface area contributed by atoms with Gasteiger partial charge in [-0.25, -0.2) is 0 Å². The number of ether oxygens (including phenoxy) is 1. The van der Waals surface area contributed by atoms with E-state index in [1.54, 1.807) is 0 Å². The van der Waals surface area contributed by atoms with Gasteiger partial charge in [0, 0.05) is 18.1 Å². The third kappa shape index (κ3) is 4.43. The Bertz CT molecular complexity index is 388. The van der Waals surface area contributed by atoms with Crippen LogP contribution in [0.3, 0.4) is 0 Å². The summed E-state index contributed by atoms with van der Waals surface area (Å²) >= 11 is 0. The van der Waals surface area contributed by atoms with Crippen molar-refractivity contribution in [1.82, 2.24) is 10.2 Å². The van der Waals surface area contributed by atoms with E-state index in [1.165, 1.54) is 7.11 Å². The molecule has 2 rings (SSSR count). The van der Waals surface area contributed by atoms with Gasteiger partial charge in [-0.3, -0.25) is 14.5 Å². The molecule has 0 atom stereocenters. The zero-order valence-electron chi connectivity index (χ0n) is 13.6. The third-order valence-corrected chi connectivity index (χ3v) is 5.11.